The van der Waals surface area contributed by atoms with Gasteiger partial charge in [0.05, 0.1) is 17.7 Å². The molecule has 0 spiro atoms. The number of likely N-dealkylation sites (N-methyl/N-ethyl adjacent to an activating group) is 1. The third-order valence-electron chi connectivity index (χ3n) is 6.60. The van der Waals surface area contributed by atoms with Gasteiger partial charge in [-0.25, -0.2) is 4.79 Å². The standard InChI is InChI=1S/C27H42N4O5/c1-17(2)31-15-18(3)22(16-30(7)26(34)36-27(4,5)6)35-23-20(9-8-10-21(23)25(31)33)24(32)29-19-11-13-28-14-12-19/h8-10,17-19,22,28H,11-16H2,1-7H3,(H,29,32). The summed E-state index contributed by atoms with van der Waals surface area (Å²) in [5, 5.41) is 6.41. The van der Waals surface area contributed by atoms with Crippen LogP contribution in [0.15, 0.2) is 18.2 Å². The van der Waals surface area contributed by atoms with Gasteiger partial charge in [0.1, 0.15) is 17.5 Å². The van der Waals surface area contributed by atoms with E-state index in [2.05, 4.69) is 10.6 Å². The molecule has 0 radical (unpaired) electrons. The maximum Gasteiger partial charge on any atom is 0.410 e. The zero-order valence-corrected chi connectivity index (χ0v) is 22.7. The van der Waals surface area contributed by atoms with E-state index in [0.29, 0.717) is 17.7 Å². The average molecular weight is 503 g/mol. The number of fused-ring (bicyclic) bond motifs is 1. The van der Waals surface area contributed by atoms with Crippen LogP contribution < -0.4 is 15.4 Å². The second-order valence-electron chi connectivity index (χ2n) is 11.2. The highest BCUT2D eigenvalue weighted by atomic mass is 16.6. The van der Waals surface area contributed by atoms with Crippen molar-refractivity contribution in [1.29, 1.82) is 0 Å². The van der Waals surface area contributed by atoms with Gasteiger partial charge in [0, 0.05) is 31.6 Å². The summed E-state index contributed by atoms with van der Waals surface area (Å²) in [6.45, 7) is 13.8. The Bertz CT molecular complexity index is 952. The molecular weight excluding hydrogens is 460 g/mol. The monoisotopic (exact) mass is 502 g/mol. The highest BCUT2D eigenvalue weighted by Crippen LogP contribution is 2.32. The zero-order chi connectivity index (χ0) is 26.6. The Morgan fingerprint density at radius 1 is 1.25 bits per heavy atom. The topological polar surface area (TPSA) is 100 Å². The first-order valence-electron chi connectivity index (χ1n) is 12.9. The van der Waals surface area contributed by atoms with Crippen molar-refractivity contribution in [3.63, 3.8) is 0 Å². The lowest BCUT2D eigenvalue weighted by atomic mass is 9.98. The minimum absolute atomic E-state index is 0.0395. The van der Waals surface area contributed by atoms with E-state index in [9.17, 15) is 14.4 Å². The van der Waals surface area contributed by atoms with Gasteiger partial charge in [-0.15, -0.1) is 0 Å². The summed E-state index contributed by atoms with van der Waals surface area (Å²) in [4.78, 5) is 42.9. The first-order valence-corrected chi connectivity index (χ1v) is 12.9. The van der Waals surface area contributed by atoms with Crippen LogP contribution in [0.5, 0.6) is 5.75 Å². The molecule has 3 amide bonds. The van der Waals surface area contributed by atoms with Crippen LogP contribution in [0.2, 0.25) is 0 Å². The van der Waals surface area contributed by atoms with E-state index in [-0.39, 0.29) is 42.1 Å². The SMILES string of the molecule is CC1CN(C(C)C)C(=O)c2cccc(C(=O)NC3CCNCC3)c2OC1CN(C)C(=O)OC(C)(C)C. The largest absolute Gasteiger partial charge is 0.487 e. The van der Waals surface area contributed by atoms with E-state index in [0.717, 1.165) is 25.9 Å². The number of amides is 3. The summed E-state index contributed by atoms with van der Waals surface area (Å²) in [7, 11) is 1.67. The van der Waals surface area contributed by atoms with Crippen molar-refractivity contribution in [2.24, 2.45) is 5.92 Å². The predicted molar refractivity (Wildman–Crippen MR) is 138 cm³/mol. The molecule has 1 aromatic carbocycles. The normalized spacial score (nSPS) is 21.2. The second kappa shape index (κ2) is 11.5. The van der Waals surface area contributed by atoms with Gasteiger partial charge < -0.3 is 29.9 Å². The van der Waals surface area contributed by atoms with Gasteiger partial charge in [-0.05, 0) is 72.7 Å². The molecule has 9 heteroatoms. The summed E-state index contributed by atoms with van der Waals surface area (Å²) < 4.78 is 12.0. The van der Waals surface area contributed by atoms with Gasteiger partial charge in [-0.1, -0.05) is 13.0 Å². The Balaban J connectivity index is 1.95. The lowest BCUT2D eigenvalue weighted by Crippen LogP contribution is -2.50. The quantitative estimate of drug-likeness (QED) is 0.641. The minimum atomic E-state index is -0.619. The number of nitrogens with zero attached hydrogens (tertiary/aromatic N) is 2. The van der Waals surface area contributed by atoms with Gasteiger partial charge in [0.2, 0.25) is 0 Å². The maximum absolute atomic E-state index is 13.6. The van der Waals surface area contributed by atoms with Crippen molar-refractivity contribution in [3.8, 4) is 5.75 Å². The summed E-state index contributed by atoms with van der Waals surface area (Å²) in [6, 6.07) is 5.16. The summed E-state index contributed by atoms with van der Waals surface area (Å²) in [6.07, 6.45) is 0.794. The molecular formula is C27H42N4O5. The van der Waals surface area contributed by atoms with E-state index >= 15 is 0 Å². The van der Waals surface area contributed by atoms with E-state index in [1.165, 1.54) is 4.90 Å². The molecule has 2 unspecified atom stereocenters. The van der Waals surface area contributed by atoms with E-state index < -0.39 is 17.8 Å². The number of rotatable bonds is 5. The molecule has 2 aliphatic heterocycles. The first-order chi connectivity index (χ1) is 16.9. The predicted octanol–water partition coefficient (Wildman–Crippen LogP) is 3.28. The Hall–Kier alpha value is -2.81. The van der Waals surface area contributed by atoms with E-state index in [1.807, 2.05) is 41.5 Å². The lowest BCUT2D eigenvalue weighted by Gasteiger charge is -2.38. The molecule has 2 aliphatic rings. The summed E-state index contributed by atoms with van der Waals surface area (Å²) in [5.41, 5.74) is 0.0761. The van der Waals surface area contributed by atoms with Crippen molar-refractivity contribution in [2.75, 3.05) is 33.2 Å². The third kappa shape index (κ3) is 6.90. The molecule has 1 aromatic rings. The van der Waals surface area contributed by atoms with Gasteiger partial charge in [-0.3, -0.25) is 9.59 Å². The average Bonchev–Trinajstić information content (AvgIpc) is 2.80. The molecule has 200 valence electrons. The Morgan fingerprint density at radius 2 is 1.92 bits per heavy atom. The molecule has 9 nitrogen and oxygen atoms in total. The first kappa shape index (κ1) is 27.8. The summed E-state index contributed by atoms with van der Waals surface area (Å²) in [5.74, 6) is -0.249. The van der Waals surface area contributed by atoms with Gasteiger partial charge in [0.25, 0.3) is 11.8 Å². The molecule has 1 fully saturated rings. The van der Waals surface area contributed by atoms with Crippen LogP contribution in [-0.2, 0) is 4.74 Å². The number of hydrogen-bond donors (Lipinski definition) is 2. The van der Waals surface area contributed by atoms with Crippen molar-refractivity contribution in [3.05, 3.63) is 29.3 Å². The molecule has 2 heterocycles. The second-order valence-corrected chi connectivity index (χ2v) is 11.2. The molecule has 3 rings (SSSR count). The molecule has 0 saturated carbocycles. The van der Waals surface area contributed by atoms with E-state index in [1.54, 1.807) is 30.1 Å². The number of piperidine rings is 1. The van der Waals surface area contributed by atoms with Crippen LogP contribution in [0.1, 0.15) is 75.1 Å². The highest BCUT2D eigenvalue weighted by molar-refractivity contribution is 6.04. The fraction of sp³-hybridized carbons (Fsp3) is 0.667. The summed E-state index contributed by atoms with van der Waals surface area (Å²) >= 11 is 0. The van der Waals surface area contributed by atoms with Crippen LogP contribution >= 0.6 is 0 Å². The molecule has 0 aromatic heterocycles. The molecule has 0 aliphatic carbocycles. The Kier molecular flexibility index (Phi) is 8.87. The van der Waals surface area contributed by atoms with E-state index in [4.69, 9.17) is 9.47 Å². The number of carbonyl (C=O) groups excluding carboxylic acids is 3. The number of carbonyl (C=O) groups is 3. The maximum atomic E-state index is 13.6. The lowest BCUT2D eigenvalue weighted by molar-refractivity contribution is 0.0128. The number of benzene rings is 1. The number of ether oxygens (including phenoxy) is 2. The van der Waals surface area contributed by atoms with Crippen molar-refractivity contribution >= 4 is 17.9 Å². The zero-order valence-electron chi connectivity index (χ0n) is 22.7. The minimum Gasteiger partial charge on any atom is -0.487 e. The molecule has 2 atom stereocenters. The van der Waals surface area contributed by atoms with Crippen molar-refractivity contribution in [1.82, 2.24) is 20.4 Å². The molecule has 1 saturated heterocycles. The van der Waals surface area contributed by atoms with Crippen LogP contribution in [-0.4, -0.2) is 84.7 Å². The third-order valence-corrected chi connectivity index (χ3v) is 6.60. The number of nitrogens with one attached hydrogen (secondary N) is 2. The molecule has 2 N–H and O–H groups in total. The van der Waals surface area contributed by atoms with Crippen LogP contribution in [0, 0.1) is 5.92 Å². The molecule has 0 bridgehead atoms. The highest BCUT2D eigenvalue weighted by Gasteiger charge is 2.35. The smallest absolute Gasteiger partial charge is 0.410 e. The number of hydrogen-bond acceptors (Lipinski definition) is 6. The van der Waals surface area contributed by atoms with Crippen molar-refractivity contribution < 1.29 is 23.9 Å². The fourth-order valence-electron chi connectivity index (χ4n) is 4.52. The van der Waals surface area contributed by atoms with Gasteiger partial charge in [0.15, 0.2) is 0 Å². The van der Waals surface area contributed by atoms with Crippen molar-refractivity contribution in [2.45, 2.75) is 78.2 Å². The number of para-hydroxylation sites is 1. The Labute approximate surface area is 214 Å². The van der Waals surface area contributed by atoms with Crippen LogP contribution in [0.4, 0.5) is 4.79 Å². The van der Waals surface area contributed by atoms with Gasteiger partial charge >= 0.3 is 6.09 Å². The van der Waals surface area contributed by atoms with Crippen LogP contribution in [0.25, 0.3) is 0 Å². The Morgan fingerprint density at radius 3 is 2.53 bits per heavy atom. The van der Waals surface area contributed by atoms with Crippen LogP contribution in [0.3, 0.4) is 0 Å². The molecule has 36 heavy (non-hydrogen) atoms. The van der Waals surface area contributed by atoms with Gasteiger partial charge in [-0.2, -0.15) is 0 Å². The fourth-order valence-corrected chi connectivity index (χ4v) is 4.52.